The fraction of sp³-hybridized carbons (Fsp3) is 0.706. The monoisotopic (exact) mass is 275 g/mol. The quantitative estimate of drug-likeness (QED) is 0.863. The van der Waals surface area contributed by atoms with Crippen molar-refractivity contribution in [1.29, 1.82) is 0 Å². The van der Waals surface area contributed by atoms with Crippen molar-refractivity contribution in [2.45, 2.75) is 58.5 Å². The van der Waals surface area contributed by atoms with Gasteiger partial charge in [-0.05, 0) is 64.4 Å². The lowest BCUT2D eigenvalue weighted by molar-refractivity contribution is 0.0845. The molecule has 1 aromatic heterocycles. The van der Waals surface area contributed by atoms with Crippen molar-refractivity contribution in [3.8, 4) is 0 Å². The molecule has 2 rings (SSSR count). The van der Waals surface area contributed by atoms with Crippen molar-refractivity contribution in [1.82, 2.24) is 15.2 Å². The Kier molecular flexibility index (Phi) is 5.17. The predicted molar refractivity (Wildman–Crippen MR) is 84.9 cm³/mol. The number of nitrogens with one attached hydrogen (secondary N) is 1. The Morgan fingerprint density at radius 3 is 2.50 bits per heavy atom. The first kappa shape index (κ1) is 15.5. The van der Waals surface area contributed by atoms with Gasteiger partial charge in [0.2, 0.25) is 0 Å². The Labute approximate surface area is 123 Å². The third-order valence-corrected chi connectivity index (χ3v) is 4.84. The lowest BCUT2D eigenvalue weighted by Gasteiger charge is -2.45. The standard InChI is InChI=1S/C17H29N3/c1-5-17(4,20-11-7-8-12-20)16(18-6-2)15-10-9-14(3)19-13-15/h9-10,13,16,18H,5-8,11-12H2,1-4H3. The molecular weight excluding hydrogens is 246 g/mol. The highest BCUT2D eigenvalue weighted by Gasteiger charge is 2.39. The van der Waals surface area contributed by atoms with Crippen LogP contribution in [0.15, 0.2) is 18.3 Å². The second kappa shape index (κ2) is 6.68. The van der Waals surface area contributed by atoms with Crippen LogP contribution in [0.3, 0.4) is 0 Å². The molecule has 0 saturated carbocycles. The van der Waals surface area contributed by atoms with E-state index in [9.17, 15) is 0 Å². The van der Waals surface area contributed by atoms with Crippen LogP contribution in [0, 0.1) is 6.92 Å². The van der Waals surface area contributed by atoms with E-state index in [-0.39, 0.29) is 5.54 Å². The summed E-state index contributed by atoms with van der Waals surface area (Å²) in [5.74, 6) is 0. The highest BCUT2D eigenvalue weighted by molar-refractivity contribution is 5.22. The van der Waals surface area contributed by atoms with Crippen molar-refractivity contribution in [3.05, 3.63) is 29.6 Å². The minimum Gasteiger partial charge on any atom is -0.309 e. The molecule has 0 radical (unpaired) electrons. The third kappa shape index (κ3) is 3.04. The molecule has 1 aliphatic heterocycles. The van der Waals surface area contributed by atoms with Crippen LogP contribution in [0.4, 0.5) is 0 Å². The van der Waals surface area contributed by atoms with E-state index in [1.165, 1.54) is 31.5 Å². The fourth-order valence-electron chi connectivity index (χ4n) is 3.39. The van der Waals surface area contributed by atoms with Gasteiger partial charge >= 0.3 is 0 Å². The molecule has 1 fully saturated rings. The molecule has 1 aliphatic rings. The van der Waals surface area contributed by atoms with E-state index in [1.807, 2.05) is 13.1 Å². The zero-order valence-corrected chi connectivity index (χ0v) is 13.4. The van der Waals surface area contributed by atoms with E-state index < -0.39 is 0 Å². The summed E-state index contributed by atoms with van der Waals surface area (Å²) in [6.07, 6.45) is 5.87. The van der Waals surface area contributed by atoms with Gasteiger partial charge in [0.1, 0.15) is 0 Å². The average Bonchev–Trinajstić information content (AvgIpc) is 3.00. The maximum Gasteiger partial charge on any atom is 0.0519 e. The Hall–Kier alpha value is -0.930. The van der Waals surface area contributed by atoms with Crippen LogP contribution >= 0.6 is 0 Å². The van der Waals surface area contributed by atoms with Crippen molar-refractivity contribution < 1.29 is 0 Å². The molecule has 2 atom stereocenters. The van der Waals surface area contributed by atoms with E-state index in [2.05, 4.69) is 48.1 Å². The van der Waals surface area contributed by atoms with E-state index in [4.69, 9.17) is 0 Å². The predicted octanol–water partition coefficient (Wildman–Crippen LogP) is 3.31. The van der Waals surface area contributed by atoms with Gasteiger partial charge in [-0.3, -0.25) is 9.88 Å². The van der Waals surface area contributed by atoms with Gasteiger partial charge in [-0.15, -0.1) is 0 Å². The van der Waals surface area contributed by atoms with Crippen molar-refractivity contribution in [3.63, 3.8) is 0 Å². The van der Waals surface area contributed by atoms with Crippen LogP contribution in [-0.4, -0.2) is 35.1 Å². The number of hydrogen-bond acceptors (Lipinski definition) is 3. The summed E-state index contributed by atoms with van der Waals surface area (Å²) in [5.41, 5.74) is 2.57. The van der Waals surface area contributed by atoms with Crippen molar-refractivity contribution in [2.24, 2.45) is 0 Å². The van der Waals surface area contributed by atoms with Crippen molar-refractivity contribution >= 4 is 0 Å². The molecule has 0 spiro atoms. The number of nitrogens with zero attached hydrogens (tertiary/aromatic N) is 2. The van der Waals surface area contributed by atoms with E-state index >= 15 is 0 Å². The number of aromatic nitrogens is 1. The van der Waals surface area contributed by atoms with Gasteiger partial charge in [0.15, 0.2) is 0 Å². The summed E-state index contributed by atoms with van der Waals surface area (Å²) in [6.45, 7) is 12.4. The van der Waals surface area contributed by atoms with E-state index in [0.717, 1.165) is 18.7 Å². The minimum absolute atomic E-state index is 0.170. The molecule has 2 heterocycles. The Bertz CT molecular complexity index is 409. The Balaban J connectivity index is 2.31. The topological polar surface area (TPSA) is 28.2 Å². The second-order valence-corrected chi connectivity index (χ2v) is 6.13. The molecule has 3 nitrogen and oxygen atoms in total. The van der Waals surface area contributed by atoms with Gasteiger partial charge in [0, 0.05) is 17.4 Å². The normalized spacial score (nSPS) is 20.8. The van der Waals surface area contributed by atoms with Gasteiger partial charge in [-0.25, -0.2) is 0 Å². The van der Waals surface area contributed by atoms with Crippen LogP contribution in [-0.2, 0) is 0 Å². The molecule has 112 valence electrons. The molecule has 1 aromatic rings. The maximum absolute atomic E-state index is 4.50. The van der Waals surface area contributed by atoms with Gasteiger partial charge < -0.3 is 5.32 Å². The number of hydrogen-bond donors (Lipinski definition) is 1. The molecule has 1 N–H and O–H groups in total. The Morgan fingerprint density at radius 1 is 1.30 bits per heavy atom. The highest BCUT2D eigenvalue weighted by Crippen LogP contribution is 2.36. The highest BCUT2D eigenvalue weighted by atomic mass is 15.2. The number of likely N-dealkylation sites (N-methyl/N-ethyl adjacent to an activating group) is 1. The average molecular weight is 275 g/mol. The molecule has 0 amide bonds. The van der Waals surface area contributed by atoms with Gasteiger partial charge in [-0.2, -0.15) is 0 Å². The molecule has 0 aromatic carbocycles. The molecule has 2 unspecified atom stereocenters. The van der Waals surface area contributed by atoms with Crippen molar-refractivity contribution in [2.75, 3.05) is 19.6 Å². The summed E-state index contributed by atoms with van der Waals surface area (Å²) in [4.78, 5) is 7.17. The number of aryl methyl sites for hydroxylation is 1. The number of likely N-dealkylation sites (tertiary alicyclic amines) is 1. The summed E-state index contributed by atoms with van der Waals surface area (Å²) >= 11 is 0. The molecule has 0 bridgehead atoms. The minimum atomic E-state index is 0.170. The zero-order valence-electron chi connectivity index (χ0n) is 13.4. The van der Waals surface area contributed by atoms with Gasteiger partial charge in [-0.1, -0.05) is 19.9 Å². The smallest absolute Gasteiger partial charge is 0.0519 e. The number of pyridine rings is 1. The summed E-state index contributed by atoms with van der Waals surface area (Å²) < 4.78 is 0. The molecule has 3 heteroatoms. The second-order valence-electron chi connectivity index (χ2n) is 6.13. The van der Waals surface area contributed by atoms with Crippen LogP contribution < -0.4 is 5.32 Å². The summed E-state index contributed by atoms with van der Waals surface area (Å²) in [6, 6.07) is 4.71. The van der Waals surface area contributed by atoms with Gasteiger partial charge in [0.25, 0.3) is 0 Å². The molecule has 20 heavy (non-hydrogen) atoms. The molecule has 0 aliphatic carbocycles. The first-order valence-electron chi connectivity index (χ1n) is 8.02. The van der Waals surface area contributed by atoms with Crippen LogP contribution in [0.5, 0.6) is 0 Å². The first-order chi connectivity index (χ1) is 9.61. The SMILES string of the molecule is CCNC(c1ccc(C)nc1)C(C)(CC)N1CCCC1. The van der Waals surface area contributed by atoms with E-state index in [1.54, 1.807) is 0 Å². The molecular formula is C17H29N3. The lowest BCUT2D eigenvalue weighted by Crippen LogP contribution is -2.53. The number of rotatable bonds is 6. The van der Waals surface area contributed by atoms with Crippen LogP contribution in [0.2, 0.25) is 0 Å². The fourth-order valence-corrected chi connectivity index (χ4v) is 3.39. The van der Waals surface area contributed by atoms with Crippen LogP contribution in [0.1, 0.15) is 57.3 Å². The summed E-state index contributed by atoms with van der Waals surface area (Å²) in [7, 11) is 0. The largest absolute Gasteiger partial charge is 0.309 e. The summed E-state index contributed by atoms with van der Waals surface area (Å²) in [5, 5.41) is 3.71. The van der Waals surface area contributed by atoms with Crippen LogP contribution in [0.25, 0.3) is 0 Å². The maximum atomic E-state index is 4.50. The lowest BCUT2D eigenvalue weighted by atomic mass is 9.83. The van der Waals surface area contributed by atoms with Gasteiger partial charge in [0.05, 0.1) is 6.04 Å². The molecule has 1 saturated heterocycles. The third-order valence-electron chi connectivity index (χ3n) is 4.84. The Morgan fingerprint density at radius 2 is 2.00 bits per heavy atom. The van der Waals surface area contributed by atoms with E-state index in [0.29, 0.717) is 6.04 Å². The first-order valence-corrected chi connectivity index (χ1v) is 8.02. The zero-order chi connectivity index (χ0) is 14.6.